The molecule has 1 aliphatic rings. The van der Waals surface area contributed by atoms with E-state index in [9.17, 15) is 22.8 Å². The topological polar surface area (TPSA) is 85.5 Å². The molecule has 188 valence electrons. The molecule has 4 N–H and O–H groups in total. The molecule has 1 heterocycles. The summed E-state index contributed by atoms with van der Waals surface area (Å²) < 4.78 is 39.5. The van der Waals surface area contributed by atoms with E-state index in [0.29, 0.717) is 11.6 Å². The first-order valence-electron chi connectivity index (χ1n) is 10.8. The van der Waals surface area contributed by atoms with E-state index in [1.807, 2.05) is 24.3 Å². The number of alkyl halides is 3. The van der Waals surface area contributed by atoms with E-state index in [1.165, 1.54) is 7.05 Å². The number of benzene rings is 2. The highest BCUT2D eigenvalue weighted by molar-refractivity contribution is 7.80. The first-order chi connectivity index (χ1) is 16.5. The fraction of sp³-hybridized carbons (Fsp3) is 0.348. The van der Waals surface area contributed by atoms with Gasteiger partial charge in [0, 0.05) is 37.7 Å². The van der Waals surface area contributed by atoms with Crippen molar-refractivity contribution >= 4 is 46.4 Å². The molecule has 0 aromatic heterocycles. The van der Waals surface area contributed by atoms with Gasteiger partial charge in [0.15, 0.2) is 5.11 Å². The number of amides is 2. The Morgan fingerprint density at radius 3 is 2.54 bits per heavy atom. The summed E-state index contributed by atoms with van der Waals surface area (Å²) in [6.07, 6.45) is -3.88. The molecule has 3 rings (SSSR count). The van der Waals surface area contributed by atoms with E-state index in [-0.39, 0.29) is 28.9 Å². The van der Waals surface area contributed by atoms with Crippen LogP contribution in [0.15, 0.2) is 42.5 Å². The number of likely N-dealkylation sites (tertiary alicyclic amines) is 1. The van der Waals surface area contributed by atoms with Gasteiger partial charge < -0.3 is 21.3 Å². The Balaban J connectivity index is 1.55. The van der Waals surface area contributed by atoms with Crippen LogP contribution >= 0.6 is 23.8 Å². The standard InChI is InChI=1S/C23H25ClF3N5O2S/c1-28-22(35)31-19-7-4-15(23(25,26)27)10-18(19)21(34)29-11-20(33)30-17-8-9-32(13-17)12-14-2-5-16(24)6-3-14/h2-7,10,17H,8-9,11-13H2,1H3,(H,29,34)(H,30,33)(H2,28,31,35)/t17-/m1/s1. The number of nitrogens with one attached hydrogen (secondary N) is 4. The molecule has 0 saturated carbocycles. The smallest absolute Gasteiger partial charge is 0.366 e. The van der Waals surface area contributed by atoms with Gasteiger partial charge >= 0.3 is 6.18 Å². The molecule has 2 aromatic rings. The number of nitrogens with zero attached hydrogens (tertiary/aromatic N) is 1. The molecule has 1 atom stereocenters. The molecule has 0 aliphatic carbocycles. The van der Waals surface area contributed by atoms with Crippen LogP contribution in [0.5, 0.6) is 0 Å². The summed E-state index contributed by atoms with van der Waals surface area (Å²) in [7, 11) is 1.53. The Morgan fingerprint density at radius 1 is 1.17 bits per heavy atom. The van der Waals surface area contributed by atoms with Crippen LogP contribution in [0.2, 0.25) is 5.02 Å². The first kappa shape index (κ1) is 26.7. The lowest BCUT2D eigenvalue weighted by Crippen LogP contribution is -2.43. The van der Waals surface area contributed by atoms with Gasteiger partial charge in [-0.25, -0.2) is 0 Å². The van der Waals surface area contributed by atoms with Crippen LogP contribution < -0.4 is 21.3 Å². The van der Waals surface area contributed by atoms with Crippen LogP contribution in [0.25, 0.3) is 0 Å². The van der Waals surface area contributed by atoms with Crippen molar-refractivity contribution in [2.75, 3.05) is 32.0 Å². The summed E-state index contributed by atoms with van der Waals surface area (Å²) in [4.78, 5) is 27.2. The predicted octanol–water partition coefficient (Wildman–Crippen LogP) is 3.40. The van der Waals surface area contributed by atoms with Crippen LogP contribution in [-0.4, -0.2) is 54.6 Å². The van der Waals surface area contributed by atoms with Gasteiger partial charge in [0.2, 0.25) is 5.91 Å². The zero-order chi connectivity index (χ0) is 25.6. The van der Waals surface area contributed by atoms with Gasteiger partial charge in [-0.1, -0.05) is 23.7 Å². The number of halogens is 4. The highest BCUT2D eigenvalue weighted by atomic mass is 35.5. The molecule has 7 nitrogen and oxygen atoms in total. The van der Waals surface area contributed by atoms with Crippen molar-refractivity contribution in [3.63, 3.8) is 0 Å². The largest absolute Gasteiger partial charge is 0.416 e. The van der Waals surface area contributed by atoms with Gasteiger partial charge in [-0.05, 0) is 54.5 Å². The quantitative estimate of drug-likeness (QED) is 0.413. The molecular formula is C23H25ClF3N5O2S. The number of rotatable bonds is 7. The predicted molar refractivity (Wildman–Crippen MR) is 132 cm³/mol. The van der Waals surface area contributed by atoms with Crippen molar-refractivity contribution in [3.05, 3.63) is 64.2 Å². The minimum atomic E-state index is -4.63. The maximum atomic E-state index is 13.2. The van der Waals surface area contributed by atoms with Crippen molar-refractivity contribution in [1.29, 1.82) is 0 Å². The Labute approximate surface area is 211 Å². The maximum absolute atomic E-state index is 13.2. The third kappa shape index (κ3) is 7.81. The van der Waals surface area contributed by atoms with Crippen LogP contribution in [-0.2, 0) is 17.5 Å². The Hall–Kier alpha value is -2.89. The molecule has 1 aliphatic heterocycles. The molecule has 1 fully saturated rings. The second-order valence-corrected chi connectivity index (χ2v) is 8.90. The van der Waals surface area contributed by atoms with Gasteiger partial charge in [-0.15, -0.1) is 0 Å². The van der Waals surface area contributed by atoms with Gasteiger partial charge in [0.25, 0.3) is 5.91 Å². The highest BCUT2D eigenvalue weighted by Gasteiger charge is 2.32. The number of hydrogen-bond donors (Lipinski definition) is 4. The van der Waals surface area contributed by atoms with Gasteiger partial charge in [0.05, 0.1) is 23.4 Å². The van der Waals surface area contributed by atoms with Crippen molar-refractivity contribution in [3.8, 4) is 0 Å². The molecular weight excluding hydrogens is 503 g/mol. The molecule has 0 spiro atoms. The van der Waals surface area contributed by atoms with Crippen molar-refractivity contribution in [2.24, 2.45) is 0 Å². The highest BCUT2D eigenvalue weighted by Crippen LogP contribution is 2.32. The summed E-state index contributed by atoms with van der Waals surface area (Å²) in [5, 5.41) is 11.3. The Kier molecular flexibility index (Phi) is 8.92. The lowest BCUT2D eigenvalue weighted by atomic mass is 10.1. The molecule has 2 aromatic carbocycles. The number of carbonyl (C=O) groups is 2. The number of hydrogen-bond acceptors (Lipinski definition) is 4. The Morgan fingerprint density at radius 2 is 1.89 bits per heavy atom. The Bertz CT molecular complexity index is 1080. The number of carbonyl (C=O) groups excluding carboxylic acids is 2. The number of thiocarbonyl (C=S) groups is 1. The summed E-state index contributed by atoms with van der Waals surface area (Å²) in [6, 6.07) is 10.1. The van der Waals surface area contributed by atoms with Gasteiger partial charge in [-0.3, -0.25) is 14.5 Å². The maximum Gasteiger partial charge on any atom is 0.416 e. The molecule has 0 unspecified atom stereocenters. The fourth-order valence-corrected chi connectivity index (χ4v) is 3.91. The molecule has 2 amide bonds. The van der Waals surface area contributed by atoms with E-state index in [2.05, 4.69) is 26.2 Å². The molecule has 0 bridgehead atoms. The van der Waals surface area contributed by atoms with E-state index in [0.717, 1.165) is 43.3 Å². The average molecular weight is 528 g/mol. The zero-order valence-corrected chi connectivity index (χ0v) is 20.4. The second-order valence-electron chi connectivity index (χ2n) is 8.06. The monoisotopic (exact) mass is 527 g/mol. The summed E-state index contributed by atoms with van der Waals surface area (Å²) in [6.45, 7) is 1.79. The van der Waals surface area contributed by atoms with E-state index in [4.69, 9.17) is 23.8 Å². The van der Waals surface area contributed by atoms with Crippen molar-refractivity contribution in [1.82, 2.24) is 20.9 Å². The normalized spacial score (nSPS) is 16.0. The minimum Gasteiger partial charge on any atom is -0.366 e. The lowest BCUT2D eigenvalue weighted by Gasteiger charge is -2.17. The molecule has 1 saturated heterocycles. The third-order valence-corrected chi connectivity index (χ3v) is 5.99. The van der Waals surface area contributed by atoms with Gasteiger partial charge in [-0.2, -0.15) is 13.2 Å². The lowest BCUT2D eigenvalue weighted by molar-refractivity contribution is -0.137. The number of anilines is 1. The van der Waals surface area contributed by atoms with E-state index < -0.39 is 23.6 Å². The van der Waals surface area contributed by atoms with E-state index >= 15 is 0 Å². The summed E-state index contributed by atoms with van der Waals surface area (Å²) in [5.41, 5.74) is -0.0687. The van der Waals surface area contributed by atoms with Crippen LogP contribution in [0, 0.1) is 0 Å². The molecule has 12 heteroatoms. The third-order valence-electron chi connectivity index (χ3n) is 5.43. The zero-order valence-electron chi connectivity index (χ0n) is 18.8. The summed E-state index contributed by atoms with van der Waals surface area (Å²) in [5.74, 6) is -1.26. The minimum absolute atomic E-state index is 0.0869. The van der Waals surface area contributed by atoms with E-state index in [1.54, 1.807) is 0 Å². The van der Waals surface area contributed by atoms with Gasteiger partial charge in [0.1, 0.15) is 0 Å². The average Bonchev–Trinajstić information content (AvgIpc) is 3.24. The van der Waals surface area contributed by atoms with Crippen molar-refractivity contribution < 1.29 is 22.8 Å². The van der Waals surface area contributed by atoms with Crippen molar-refractivity contribution in [2.45, 2.75) is 25.2 Å². The first-order valence-corrected chi connectivity index (χ1v) is 11.6. The fourth-order valence-electron chi connectivity index (χ4n) is 3.68. The second kappa shape index (κ2) is 11.7. The van der Waals surface area contributed by atoms with Crippen LogP contribution in [0.4, 0.5) is 18.9 Å². The summed E-state index contributed by atoms with van der Waals surface area (Å²) >= 11 is 10.9. The van der Waals surface area contributed by atoms with Crippen LogP contribution in [0.1, 0.15) is 27.9 Å². The van der Waals surface area contributed by atoms with Crippen LogP contribution in [0.3, 0.4) is 0 Å². The SMILES string of the molecule is CNC(=S)Nc1ccc(C(F)(F)F)cc1C(=O)NCC(=O)N[C@@H]1CCN(Cc2ccc(Cl)cc2)C1. The molecule has 0 radical (unpaired) electrons. The molecule has 35 heavy (non-hydrogen) atoms.